The van der Waals surface area contributed by atoms with Gasteiger partial charge in [-0.15, -0.1) is 0 Å². The minimum Gasteiger partial charge on any atom is -0.377 e. The minimum atomic E-state index is -0.336. The average molecular weight is 389 g/mol. The summed E-state index contributed by atoms with van der Waals surface area (Å²) < 4.78 is 0. The second-order valence-electron chi connectivity index (χ2n) is 8.08. The molecule has 29 heavy (non-hydrogen) atoms. The van der Waals surface area contributed by atoms with Crippen LogP contribution in [0.1, 0.15) is 47.5 Å². The Bertz CT molecular complexity index is 1020. The Morgan fingerprint density at radius 2 is 1.72 bits per heavy atom. The second kappa shape index (κ2) is 8.11. The van der Waals surface area contributed by atoms with Gasteiger partial charge in [-0.2, -0.15) is 0 Å². The summed E-state index contributed by atoms with van der Waals surface area (Å²) in [7, 11) is 4.12. The van der Waals surface area contributed by atoms with E-state index in [4.69, 9.17) is 10.7 Å². The maximum absolute atomic E-state index is 11.8. The van der Waals surface area contributed by atoms with Crippen LogP contribution in [0.4, 0.5) is 11.5 Å². The molecule has 2 aromatic carbocycles. The topological polar surface area (TPSA) is 71.2 Å². The molecule has 150 valence electrons. The number of nitrogens with one attached hydrogen (secondary N) is 1. The van der Waals surface area contributed by atoms with Crippen LogP contribution in [0.3, 0.4) is 0 Å². The number of primary amides is 1. The number of pyridine rings is 1. The van der Waals surface area contributed by atoms with Crippen LogP contribution in [0.25, 0.3) is 10.9 Å². The Balaban J connectivity index is 1.49. The summed E-state index contributed by atoms with van der Waals surface area (Å²) in [6.45, 7) is 0. The van der Waals surface area contributed by atoms with E-state index in [-0.39, 0.29) is 5.91 Å². The van der Waals surface area contributed by atoms with Crippen molar-refractivity contribution < 1.29 is 4.79 Å². The van der Waals surface area contributed by atoms with Gasteiger partial charge < -0.3 is 16.0 Å². The van der Waals surface area contributed by atoms with Gasteiger partial charge in [0, 0.05) is 42.8 Å². The van der Waals surface area contributed by atoms with Crippen molar-refractivity contribution in [2.75, 3.05) is 24.3 Å². The quantitative estimate of drug-likeness (QED) is 0.673. The molecule has 1 amide bonds. The standard InChI is InChI=1S/C24H28N4O/c1-28(2)22-15-23(27-21-10-6-5-9-20(21)22)26-17-13-11-16(12-14-17)18-7-3-4-8-19(18)24(25)29/h3-10,15-17H,11-14H2,1-2H3,(H2,25,29)(H,26,27)/t16-,17+. The van der Waals surface area contributed by atoms with E-state index in [2.05, 4.69) is 48.6 Å². The molecule has 0 saturated heterocycles. The van der Waals surface area contributed by atoms with Gasteiger partial charge in [0.2, 0.25) is 5.91 Å². The Morgan fingerprint density at radius 3 is 2.45 bits per heavy atom. The fraction of sp³-hybridized carbons (Fsp3) is 0.333. The van der Waals surface area contributed by atoms with Gasteiger partial charge in [-0.25, -0.2) is 4.98 Å². The molecule has 0 spiro atoms. The van der Waals surface area contributed by atoms with Gasteiger partial charge in [0.25, 0.3) is 0 Å². The Labute approximate surface area is 171 Å². The summed E-state index contributed by atoms with van der Waals surface area (Å²) in [6, 6.07) is 18.5. The number of aromatic nitrogens is 1. The van der Waals surface area contributed by atoms with E-state index in [0.717, 1.165) is 48.0 Å². The first-order valence-electron chi connectivity index (χ1n) is 10.3. The van der Waals surface area contributed by atoms with Crippen molar-refractivity contribution in [2.24, 2.45) is 5.73 Å². The molecule has 3 N–H and O–H groups in total. The molecule has 0 aliphatic heterocycles. The molecule has 0 unspecified atom stereocenters. The first-order valence-corrected chi connectivity index (χ1v) is 10.3. The Hall–Kier alpha value is -3.08. The molecule has 5 nitrogen and oxygen atoms in total. The average Bonchev–Trinajstić information content (AvgIpc) is 2.73. The molecule has 0 atom stereocenters. The molecule has 1 aromatic heterocycles. The normalized spacial score (nSPS) is 19.1. The third kappa shape index (κ3) is 4.04. The van der Waals surface area contributed by atoms with Crippen molar-refractivity contribution in [1.82, 2.24) is 4.98 Å². The van der Waals surface area contributed by atoms with Gasteiger partial charge in [-0.05, 0) is 49.3 Å². The lowest BCUT2D eigenvalue weighted by Crippen LogP contribution is -2.27. The van der Waals surface area contributed by atoms with Crippen LogP contribution < -0.4 is 16.0 Å². The third-order valence-electron chi connectivity index (χ3n) is 5.92. The van der Waals surface area contributed by atoms with Crippen molar-refractivity contribution in [3.8, 4) is 0 Å². The summed E-state index contributed by atoms with van der Waals surface area (Å²) in [5, 5.41) is 4.81. The van der Waals surface area contributed by atoms with E-state index in [1.165, 1.54) is 5.69 Å². The first-order chi connectivity index (χ1) is 14.0. The highest BCUT2D eigenvalue weighted by Crippen LogP contribution is 2.36. The summed E-state index contributed by atoms with van der Waals surface area (Å²) in [5.41, 5.74) is 9.50. The zero-order chi connectivity index (χ0) is 20.4. The zero-order valence-electron chi connectivity index (χ0n) is 17.1. The van der Waals surface area contributed by atoms with Gasteiger partial charge in [0.05, 0.1) is 5.52 Å². The number of rotatable bonds is 5. The van der Waals surface area contributed by atoms with Crippen molar-refractivity contribution in [3.63, 3.8) is 0 Å². The van der Waals surface area contributed by atoms with Gasteiger partial charge >= 0.3 is 0 Å². The van der Waals surface area contributed by atoms with Crippen LogP contribution in [-0.4, -0.2) is 31.0 Å². The van der Waals surface area contributed by atoms with Crippen LogP contribution in [0, 0.1) is 0 Å². The maximum Gasteiger partial charge on any atom is 0.248 e. The third-order valence-corrected chi connectivity index (χ3v) is 5.92. The van der Waals surface area contributed by atoms with Crippen LogP contribution in [0.15, 0.2) is 54.6 Å². The van der Waals surface area contributed by atoms with E-state index < -0.39 is 0 Å². The number of hydrogen-bond donors (Lipinski definition) is 2. The fourth-order valence-electron chi connectivity index (χ4n) is 4.44. The Kier molecular flexibility index (Phi) is 5.38. The number of carbonyl (C=O) groups is 1. The van der Waals surface area contributed by atoms with E-state index in [1.54, 1.807) is 0 Å². The monoisotopic (exact) mass is 388 g/mol. The molecule has 0 radical (unpaired) electrons. The fourth-order valence-corrected chi connectivity index (χ4v) is 4.44. The number of carbonyl (C=O) groups excluding carboxylic acids is 1. The zero-order valence-corrected chi connectivity index (χ0v) is 17.1. The van der Waals surface area contributed by atoms with Crippen molar-refractivity contribution >= 4 is 28.3 Å². The summed E-state index contributed by atoms with van der Waals surface area (Å²) in [6.07, 6.45) is 4.17. The Morgan fingerprint density at radius 1 is 1.03 bits per heavy atom. The predicted molar refractivity (Wildman–Crippen MR) is 120 cm³/mol. The SMILES string of the molecule is CN(C)c1cc(N[C@H]2CC[C@@H](c3ccccc3C(N)=O)CC2)nc2ccccc12. The number of hydrogen-bond acceptors (Lipinski definition) is 4. The number of amides is 1. The molecule has 1 saturated carbocycles. The number of nitrogens with zero attached hydrogens (tertiary/aromatic N) is 2. The number of nitrogens with two attached hydrogens (primary N) is 1. The largest absolute Gasteiger partial charge is 0.377 e. The predicted octanol–water partition coefficient (Wildman–Crippen LogP) is 4.54. The van der Waals surface area contributed by atoms with E-state index >= 15 is 0 Å². The van der Waals surface area contributed by atoms with E-state index in [1.807, 2.05) is 30.3 Å². The van der Waals surface area contributed by atoms with E-state index in [0.29, 0.717) is 17.5 Å². The summed E-state index contributed by atoms with van der Waals surface area (Å²) in [5.74, 6) is 0.976. The highest BCUT2D eigenvalue weighted by Gasteiger charge is 2.25. The van der Waals surface area contributed by atoms with Crippen molar-refractivity contribution in [2.45, 2.75) is 37.6 Å². The van der Waals surface area contributed by atoms with E-state index in [9.17, 15) is 4.79 Å². The molecular weight excluding hydrogens is 360 g/mol. The molecule has 1 aliphatic rings. The minimum absolute atomic E-state index is 0.336. The number of benzene rings is 2. The molecule has 1 aliphatic carbocycles. The number of para-hydroxylation sites is 1. The summed E-state index contributed by atoms with van der Waals surface area (Å²) in [4.78, 5) is 18.7. The summed E-state index contributed by atoms with van der Waals surface area (Å²) >= 11 is 0. The lowest BCUT2D eigenvalue weighted by molar-refractivity contribution is 0.0998. The van der Waals surface area contributed by atoms with Crippen LogP contribution >= 0.6 is 0 Å². The number of fused-ring (bicyclic) bond motifs is 1. The molecule has 1 fully saturated rings. The molecular formula is C24H28N4O. The van der Waals surface area contributed by atoms with Crippen molar-refractivity contribution in [3.05, 3.63) is 65.7 Å². The highest BCUT2D eigenvalue weighted by molar-refractivity contribution is 5.94. The highest BCUT2D eigenvalue weighted by atomic mass is 16.1. The molecule has 5 heteroatoms. The van der Waals surface area contributed by atoms with Gasteiger partial charge in [0.15, 0.2) is 0 Å². The second-order valence-corrected chi connectivity index (χ2v) is 8.08. The van der Waals surface area contributed by atoms with Gasteiger partial charge in [-0.3, -0.25) is 4.79 Å². The lowest BCUT2D eigenvalue weighted by Gasteiger charge is -2.30. The van der Waals surface area contributed by atoms with Gasteiger partial charge in [-0.1, -0.05) is 36.4 Å². The molecule has 1 heterocycles. The lowest BCUT2D eigenvalue weighted by atomic mass is 9.80. The first kappa shape index (κ1) is 19.2. The smallest absolute Gasteiger partial charge is 0.248 e. The molecule has 3 aromatic rings. The maximum atomic E-state index is 11.8. The van der Waals surface area contributed by atoms with Crippen LogP contribution in [0.2, 0.25) is 0 Å². The number of anilines is 2. The van der Waals surface area contributed by atoms with Gasteiger partial charge in [0.1, 0.15) is 5.82 Å². The molecule has 4 rings (SSSR count). The van der Waals surface area contributed by atoms with Crippen LogP contribution in [0.5, 0.6) is 0 Å². The van der Waals surface area contributed by atoms with Crippen LogP contribution in [-0.2, 0) is 0 Å². The molecule has 0 bridgehead atoms. The van der Waals surface area contributed by atoms with Crippen molar-refractivity contribution in [1.29, 1.82) is 0 Å².